The van der Waals surface area contributed by atoms with Crippen molar-refractivity contribution in [3.8, 4) is 0 Å². The summed E-state index contributed by atoms with van der Waals surface area (Å²) in [5, 5.41) is 3.30. The number of carbonyl (C=O) groups excluding carboxylic acids is 1. The quantitative estimate of drug-likeness (QED) is 0.777. The molecule has 1 aromatic rings. The van der Waals surface area contributed by atoms with E-state index >= 15 is 0 Å². The van der Waals surface area contributed by atoms with Crippen molar-refractivity contribution in [2.75, 3.05) is 13.1 Å². The van der Waals surface area contributed by atoms with E-state index in [9.17, 15) is 4.79 Å². The minimum atomic E-state index is -0.623. The van der Waals surface area contributed by atoms with E-state index in [1.807, 2.05) is 33.2 Å². The SMILES string of the molecule is CC(C)NC(C)(CCCN1CCn2ccnc2C1)C(N)=O. The maximum atomic E-state index is 11.7. The number of nitrogens with one attached hydrogen (secondary N) is 1. The number of amides is 1. The van der Waals surface area contributed by atoms with Gasteiger partial charge in [-0.05, 0) is 40.2 Å². The largest absolute Gasteiger partial charge is 0.368 e. The normalized spacial score (nSPS) is 18.5. The van der Waals surface area contributed by atoms with E-state index in [1.165, 1.54) is 0 Å². The maximum Gasteiger partial charge on any atom is 0.237 e. The second kappa shape index (κ2) is 6.58. The van der Waals surface area contributed by atoms with Crippen LogP contribution in [0.1, 0.15) is 39.4 Å². The Kier molecular flexibility index (Phi) is 5.00. The Balaban J connectivity index is 1.82. The molecule has 2 rings (SSSR count). The standard InChI is InChI=1S/C15H27N5O/c1-12(2)18-15(3,14(16)21)5-4-7-19-9-10-20-8-6-17-13(20)11-19/h6,8,12,18H,4-5,7,9-11H2,1-3H3,(H2,16,21). The average Bonchev–Trinajstić information content (AvgIpc) is 2.85. The van der Waals surface area contributed by atoms with Gasteiger partial charge in [-0.1, -0.05) is 0 Å². The van der Waals surface area contributed by atoms with Crippen molar-refractivity contribution in [1.29, 1.82) is 0 Å². The third kappa shape index (κ3) is 4.04. The molecule has 1 aliphatic heterocycles. The van der Waals surface area contributed by atoms with Gasteiger partial charge in [-0.3, -0.25) is 9.69 Å². The highest BCUT2D eigenvalue weighted by molar-refractivity contribution is 5.84. The second-order valence-electron chi connectivity index (χ2n) is 6.41. The van der Waals surface area contributed by atoms with Gasteiger partial charge in [-0.25, -0.2) is 4.98 Å². The van der Waals surface area contributed by atoms with Gasteiger partial charge in [0.1, 0.15) is 5.82 Å². The summed E-state index contributed by atoms with van der Waals surface area (Å²) in [6.07, 6.45) is 5.59. The number of hydrogen-bond donors (Lipinski definition) is 2. The van der Waals surface area contributed by atoms with Gasteiger partial charge < -0.3 is 15.6 Å². The van der Waals surface area contributed by atoms with Crippen molar-refractivity contribution in [1.82, 2.24) is 19.8 Å². The Labute approximate surface area is 126 Å². The Morgan fingerprint density at radius 2 is 2.29 bits per heavy atom. The first-order valence-electron chi connectivity index (χ1n) is 7.71. The monoisotopic (exact) mass is 293 g/mol. The lowest BCUT2D eigenvalue weighted by Crippen LogP contribution is -2.55. The van der Waals surface area contributed by atoms with Crippen LogP contribution in [0.2, 0.25) is 0 Å². The third-order valence-electron chi connectivity index (χ3n) is 4.13. The molecule has 21 heavy (non-hydrogen) atoms. The molecule has 0 aliphatic carbocycles. The van der Waals surface area contributed by atoms with Crippen molar-refractivity contribution in [3.63, 3.8) is 0 Å². The number of nitrogens with two attached hydrogens (primary N) is 1. The summed E-state index contributed by atoms with van der Waals surface area (Å²) in [5.41, 5.74) is 4.94. The van der Waals surface area contributed by atoms with Gasteiger partial charge in [0.05, 0.1) is 12.1 Å². The molecule has 0 bridgehead atoms. The van der Waals surface area contributed by atoms with Gasteiger partial charge in [0, 0.05) is 31.5 Å². The molecule has 0 spiro atoms. The summed E-state index contributed by atoms with van der Waals surface area (Å²) in [5.74, 6) is 0.851. The molecular weight excluding hydrogens is 266 g/mol. The van der Waals surface area contributed by atoms with Crippen LogP contribution in [-0.4, -0.2) is 45.0 Å². The summed E-state index contributed by atoms with van der Waals surface area (Å²) < 4.78 is 2.20. The number of rotatable bonds is 7. The van der Waals surface area contributed by atoms with Gasteiger partial charge in [0.25, 0.3) is 0 Å². The Morgan fingerprint density at radius 3 is 2.95 bits per heavy atom. The molecule has 0 radical (unpaired) electrons. The molecule has 1 atom stereocenters. The van der Waals surface area contributed by atoms with Crippen molar-refractivity contribution < 1.29 is 4.79 Å². The van der Waals surface area contributed by atoms with Crippen LogP contribution in [0.5, 0.6) is 0 Å². The number of hydrogen-bond acceptors (Lipinski definition) is 4. The molecule has 0 aromatic carbocycles. The molecule has 0 saturated heterocycles. The Morgan fingerprint density at radius 1 is 1.52 bits per heavy atom. The molecule has 3 N–H and O–H groups in total. The summed E-state index contributed by atoms with van der Waals surface area (Å²) in [7, 11) is 0. The average molecular weight is 293 g/mol. The fourth-order valence-electron chi connectivity index (χ4n) is 2.97. The zero-order valence-corrected chi connectivity index (χ0v) is 13.3. The first-order valence-corrected chi connectivity index (χ1v) is 7.71. The van der Waals surface area contributed by atoms with E-state index in [4.69, 9.17) is 5.73 Å². The molecular formula is C15H27N5O. The fraction of sp³-hybridized carbons (Fsp3) is 0.733. The summed E-state index contributed by atoms with van der Waals surface area (Å²) >= 11 is 0. The minimum absolute atomic E-state index is 0.241. The molecule has 118 valence electrons. The van der Waals surface area contributed by atoms with Crippen LogP contribution in [0.25, 0.3) is 0 Å². The van der Waals surface area contributed by atoms with Crippen molar-refractivity contribution >= 4 is 5.91 Å². The van der Waals surface area contributed by atoms with E-state index < -0.39 is 5.54 Å². The van der Waals surface area contributed by atoms with Crippen molar-refractivity contribution in [2.24, 2.45) is 5.73 Å². The van der Waals surface area contributed by atoms with Crippen LogP contribution in [0.3, 0.4) is 0 Å². The van der Waals surface area contributed by atoms with Crippen LogP contribution in [0, 0.1) is 0 Å². The maximum absolute atomic E-state index is 11.7. The molecule has 0 saturated carbocycles. The van der Waals surface area contributed by atoms with Gasteiger partial charge in [0.15, 0.2) is 0 Å². The van der Waals surface area contributed by atoms with Crippen LogP contribution in [0.4, 0.5) is 0 Å². The van der Waals surface area contributed by atoms with Gasteiger partial charge in [-0.2, -0.15) is 0 Å². The number of aromatic nitrogens is 2. The number of primary amides is 1. The molecule has 1 aromatic heterocycles. The van der Waals surface area contributed by atoms with E-state index in [-0.39, 0.29) is 11.9 Å². The van der Waals surface area contributed by atoms with Crippen LogP contribution in [0.15, 0.2) is 12.4 Å². The summed E-state index contributed by atoms with van der Waals surface area (Å²) in [6, 6.07) is 0.241. The van der Waals surface area contributed by atoms with Gasteiger partial charge in [0.2, 0.25) is 5.91 Å². The van der Waals surface area contributed by atoms with Crippen LogP contribution in [-0.2, 0) is 17.9 Å². The predicted molar refractivity (Wildman–Crippen MR) is 82.6 cm³/mol. The molecule has 0 fully saturated rings. The van der Waals surface area contributed by atoms with Crippen molar-refractivity contribution in [3.05, 3.63) is 18.2 Å². The number of nitrogens with zero attached hydrogens (tertiary/aromatic N) is 3. The third-order valence-corrected chi connectivity index (χ3v) is 4.13. The van der Waals surface area contributed by atoms with Gasteiger partial charge >= 0.3 is 0 Å². The van der Waals surface area contributed by atoms with E-state index in [1.54, 1.807) is 0 Å². The van der Waals surface area contributed by atoms with Crippen LogP contribution >= 0.6 is 0 Å². The van der Waals surface area contributed by atoms with E-state index in [2.05, 4.69) is 19.8 Å². The number of imidazole rings is 1. The summed E-state index contributed by atoms with van der Waals surface area (Å²) in [6.45, 7) is 9.85. The molecule has 1 unspecified atom stereocenters. The zero-order chi connectivity index (χ0) is 15.5. The molecule has 1 aliphatic rings. The Hall–Kier alpha value is -1.40. The van der Waals surface area contributed by atoms with Crippen molar-refractivity contribution in [2.45, 2.75) is 58.3 Å². The van der Waals surface area contributed by atoms with E-state index in [0.29, 0.717) is 0 Å². The zero-order valence-electron chi connectivity index (χ0n) is 13.3. The lowest BCUT2D eigenvalue weighted by atomic mass is 9.93. The highest BCUT2D eigenvalue weighted by Crippen LogP contribution is 2.16. The highest BCUT2D eigenvalue weighted by atomic mass is 16.1. The summed E-state index contributed by atoms with van der Waals surface area (Å²) in [4.78, 5) is 18.5. The van der Waals surface area contributed by atoms with E-state index in [0.717, 1.165) is 44.8 Å². The number of carbonyl (C=O) groups is 1. The molecule has 2 heterocycles. The molecule has 6 nitrogen and oxygen atoms in total. The lowest BCUT2D eigenvalue weighted by Gasteiger charge is -2.32. The first kappa shape index (κ1) is 16.0. The lowest BCUT2D eigenvalue weighted by molar-refractivity contribution is -0.124. The minimum Gasteiger partial charge on any atom is -0.368 e. The predicted octanol–water partition coefficient (Wildman–Crippen LogP) is 0.721. The highest BCUT2D eigenvalue weighted by Gasteiger charge is 2.31. The van der Waals surface area contributed by atoms with Gasteiger partial charge in [-0.15, -0.1) is 0 Å². The second-order valence-corrected chi connectivity index (χ2v) is 6.41. The smallest absolute Gasteiger partial charge is 0.237 e. The fourth-order valence-corrected chi connectivity index (χ4v) is 2.97. The van der Waals surface area contributed by atoms with Crippen LogP contribution < -0.4 is 11.1 Å². The number of fused-ring (bicyclic) bond motifs is 1. The molecule has 1 amide bonds. The Bertz CT molecular complexity index is 484. The first-order chi connectivity index (χ1) is 9.90. The topological polar surface area (TPSA) is 76.2 Å². The molecule has 6 heteroatoms.